The molecule has 0 aliphatic carbocycles. The van der Waals surface area contributed by atoms with Gasteiger partial charge in [-0.25, -0.2) is 4.98 Å². The van der Waals surface area contributed by atoms with Crippen LogP contribution in [0.1, 0.15) is 24.1 Å². The van der Waals surface area contributed by atoms with Crippen LogP contribution < -0.4 is 0 Å². The lowest BCUT2D eigenvalue weighted by atomic mass is 10.0. The van der Waals surface area contributed by atoms with Gasteiger partial charge in [-0.05, 0) is 25.5 Å². The van der Waals surface area contributed by atoms with E-state index in [0.717, 1.165) is 28.2 Å². The predicted molar refractivity (Wildman–Crippen MR) is 79.4 cm³/mol. The van der Waals surface area contributed by atoms with Crippen molar-refractivity contribution in [2.45, 2.75) is 19.8 Å². The van der Waals surface area contributed by atoms with Crippen molar-refractivity contribution in [3.63, 3.8) is 0 Å². The average molecular weight is 261 g/mol. The SMILES string of the molecule is Cc1ccc2nc(-c3ccccc3)c(C(C)C#N)n2c1. The van der Waals surface area contributed by atoms with Crippen molar-refractivity contribution in [2.24, 2.45) is 0 Å². The molecule has 0 aliphatic heterocycles. The quantitative estimate of drug-likeness (QED) is 0.701. The summed E-state index contributed by atoms with van der Waals surface area (Å²) in [4.78, 5) is 4.70. The smallest absolute Gasteiger partial charge is 0.137 e. The van der Waals surface area contributed by atoms with E-state index in [0.29, 0.717) is 0 Å². The van der Waals surface area contributed by atoms with E-state index in [9.17, 15) is 5.26 Å². The van der Waals surface area contributed by atoms with E-state index in [2.05, 4.69) is 6.07 Å². The van der Waals surface area contributed by atoms with Gasteiger partial charge >= 0.3 is 0 Å². The van der Waals surface area contributed by atoms with E-state index in [1.165, 1.54) is 0 Å². The molecule has 0 saturated heterocycles. The first-order chi connectivity index (χ1) is 9.70. The number of fused-ring (bicyclic) bond motifs is 1. The summed E-state index contributed by atoms with van der Waals surface area (Å²) >= 11 is 0. The highest BCUT2D eigenvalue weighted by atomic mass is 15.0. The van der Waals surface area contributed by atoms with Crippen molar-refractivity contribution >= 4 is 5.65 Å². The summed E-state index contributed by atoms with van der Waals surface area (Å²) in [6.45, 7) is 3.96. The van der Waals surface area contributed by atoms with Crippen LogP contribution in [0.3, 0.4) is 0 Å². The number of hydrogen-bond donors (Lipinski definition) is 0. The van der Waals surface area contributed by atoms with Crippen LogP contribution in [0, 0.1) is 18.3 Å². The van der Waals surface area contributed by atoms with E-state index >= 15 is 0 Å². The van der Waals surface area contributed by atoms with Crippen LogP contribution in [0.5, 0.6) is 0 Å². The molecule has 0 fully saturated rings. The van der Waals surface area contributed by atoms with Crippen molar-refractivity contribution < 1.29 is 0 Å². The van der Waals surface area contributed by atoms with Crippen LogP contribution in [-0.4, -0.2) is 9.38 Å². The largest absolute Gasteiger partial charge is 0.302 e. The molecule has 3 rings (SSSR count). The monoisotopic (exact) mass is 261 g/mol. The summed E-state index contributed by atoms with van der Waals surface area (Å²) in [6.07, 6.45) is 2.04. The molecule has 1 aromatic carbocycles. The van der Waals surface area contributed by atoms with Gasteiger partial charge in [0.25, 0.3) is 0 Å². The molecule has 0 N–H and O–H groups in total. The van der Waals surface area contributed by atoms with Crippen LogP contribution in [0.15, 0.2) is 48.7 Å². The Morgan fingerprint density at radius 1 is 1.15 bits per heavy atom. The molecule has 3 nitrogen and oxygen atoms in total. The number of nitriles is 1. The first-order valence-corrected chi connectivity index (χ1v) is 6.64. The van der Waals surface area contributed by atoms with Gasteiger partial charge < -0.3 is 4.40 Å². The summed E-state index contributed by atoms with van der Waals surface area (Å²) in [5, 5.41) is 9.32. The van der Waals surface area contributed by atoms with Crippen molar-refractivity contribution in [3.8, 4) is 17.3 Å². The van der Waals surface area contributed by atoms with Gasteiger partial charge in [0.15, 0.2) is 0 Å². The van der Waals surface area contributed by atoms with Crippen LogP contribution in [0.25, 0.3) is 16.9 Å². The maximum absolute atomic E-state index is 9.32. The zero-order valence-electron chi connectivity index (χ0n) is 11.5. The summed E-state index contributed by atoms with van der Waals surface area (Å²) in [7, 11) is 0. The van der Waals surface area contributed by atoms with Crippen LogP contribution in [-0.2, 0) is 0 Å². The van der Waals surface area contributed by atoms with Crippen LogP contribution >= 0.6 is 0 Å². The van der Waals surface area contributed by atoms with Crippen LogP contribution in [0.4, 0.5) is 0 Å². The molecule has 1 atom stereocenters. The van der Waals surface area contributed by atoms with Gasteiger partial charge in [0.05, 0.1) is 23.4 Å². The summed E-state index contributed by atoms with van der Waals surface area (Å²) in [5.74, 6) is -0.206. The molecule has 0 amide bonds. The fourth-order valence-electron chi connectivity index (χ4n) is 2.45. The molecule has 3 aromatic rings. The van der Waals surface area contributed by atoms with E-state index in [1.807, 2.05) is 66.9 Å². The topological polar surface area (TPSA) is 41.1 Å². The Morgan fingerprint density at radius 3 is 2.60 bits per heavy atom. The second-order valence-corrected chi connectivity index (χ2v) is 5.00. The Labute approximate surface area is 118 Å². The number of benzene rings is 1. The van der Waals surface area contributed by atoms with Gasteiger partial charge in [0.1, 0.15) is 5.65 Å². The van der Waals surface area contributed by atoms with Crippen molar-refractivity contribution in [1.29, 1.82) is 5.26 Å². The molecule has 2 aromatic heterocycles. The highest BCUT2D eigenvalue weighted by Gasteiger charge is 2.18. The Morgan fingerprint density at radius 2 is 1.90 bits per heavy atom. The number of rotatable bonds is 2. The van der Waals surface area contributed by atoms with E-state index in [-0.39, 0.29) is 5.92 Å². The first-order valence-electron chi connectivity index (χ1n) is 6.64. The molecule has 20 heavy (non-hydrogen) atoms. The minimum absolute atomic E-state index is 0.206. The lowest BCUT2D eigenvalue weighted by Crippen LogP contribution is -1.99. The average Bonchev–Trinajstić information content (AvgIpc) is 2.86. The molecule has 3 heteroatoms. The number of aryl methyl sites for hydroxylation is 1. The van der Waals surface area contributed by atoms with E-state index in [4.69, 9.17) is 4.98 Å². The van der Waals surface area contributed by atoms with Crippen molar-refractivity contribution in [1.82, 2.24) is 9.38 Å². The predicted octanol–water partition coefficient (Wildman–Crippen LogP) is 3.94. The standard InChI is InChI=1S/C17H15N3/c1-12-8-9-15-19-16(14-6-4-3-5-7-14)17(13(2)10-18)20(15)11-12/h3-9,11,13H,1-2H3. The van der Waals surface area contributed by atoms with Crippen LogP contribution in [0.2, 0.25) is 0 Å². The molecular formula is C17H15N3. The number of hydrogen-bond acceptors (Lipinski definition) is 2. The molecule has 0 radical (unpaired) electrons. The molecule has 0 spiro atoms. The summed E-state index contributed by atoms with van der Waals surface area (Å²) < 4.78 is 2.03. The van der Waals surface area contributed by atoms with Gasteiger partial charge in [-0.2, -0.15) is 5.26 Å². The zero-order valence-corrected chi connectivity index (χ0v) is 11.5. The number of imidazole rings is 1. The Balaban J connectivity index is 2.34. The minimum Gasteiger partial charge on any atom is -0.302 e. The lowest BCUT2D eigenvalue weighted by Gasteiger charge is -2.07. The second-order valence-electron chi connectivity index (χ2n) is 5.00. The normalized spacial score (nSPS) is 12.2. The molecular weight excluding hydrogens is 246 g/mol. The molecule has 0 bridgehead atoms. The Hall–Kier alpha value is -2.60. The zero-order chi connectivity index (χ0) is 14.1. The third-order valence-corrected chi connectivity index (χ3v) is 3.45. The Kier molecular flexibility index (Phi) is 3.00. The van der Waals surface area contributed by atoms with Gasteiger partial charge in [-0.3, -0.25) is 0 Å². The van der Waals surface area contributed by atoms with Gasteiger partial charge in [-0.15, -0.1) is 0 Å². The highest BCUT2D eigenvalue weighted by Crippen LogP contribution is 2.29. The highest BCUT2D eigenvalue weighted by molar-refractivity contribution is 5.67. The molecule has 1 unspecified atom stereocenters. The third kappa shape index (κ3) is 1.96. The minimum atomic E-state index is -0.206. The maximum atomic E-state index is 9.32. The van der Waals surface area contributed by atoms with Crippen molar-refractivity contribution in [3.05, 3.63) is 59.9 Å². The molecule has 98 valence electrons. The number of aromatic nitrogens is 2. The first kappa shape index (κ1) is 12.4. The lowest BCUT2D eigenvalue weighted by molar-refractivity contribution is 0.897. The summed E-state index contributed by atoms with van der Waals surface area (Å²) in [6, 6.07) is 16.4. The number of nitrogens with zero attached hydrogens (tertiary/aromatic N) is 3. The fourth-order valence-corrected chi connectivity index (χ4v) is 2.45. The van der Waals surface area contributed by atoms with Gasteiger partial charge in [0, 0.05) is 11.8 Å². The van der Waals surface area contributed by atoms with E-state index < -0.39 is 0 Å². The number of pyridine rings is 1. The van der Waals surface area contributed by atoms with Crippen molar-refractivity contribution in [2.75, 3.05) is 0 Å². The third-order valence-electron chi connectivity index (χ3n) is 3.45. The summed E-state index contributed by atoms with van der Waals surface area (Å²) in [5.41, 5.74) is 4.93. The van der Waals surface area contributed by atoms with Gasteiger partial charge in [0.2, 0.25) is 0 Å². The molecule has 0 aliphatic rings. The molecule has 0 saturated carbocycles. The Bertz CT molecular complexity index is 794. The fraction of sp³-hybridized carbons (Fsp3) is 0.176. The van der Waals surface area contributed by atoms with Gasteiger partial charge in [-0.1, -0.05) is 36.4 Å². The van der Waals surface area contributed by atoms with E-state index in [1.54, 1.807) is 0 Å². The second kappa shape index (κ2) is 4.82. The maximum Gasteiger partial charge on any atom is 0.137 e. The molecule has 2 heterocycles.